The minimum Gasteiger partial charge on any atom is -0.481 e. The molecule has 1 aliphatic carbocycles. The fourth-order valence-corrected chi connectivity index (χ4v) is 5.13. The zero-order chi connectivity index (χ0) is 19.5. The molecule has 1 aliphatic heterocycles. The topological polar surface area (TPSA) is 86.5 Å². The van der Waals surface area contributed by atoms with Crippen LogP contribution in [0.5, 0.6) is 0 Å². The van der Waals surface area contributed by atoms with Gasteiger partial charge in [-0.1, -0.05) is 22.4 Å². The van der Waals surface area contributed by atoms with Gasteiger partial charge in [0.2, 0.25) is 0 Å². The van der Waals surface area contributed by atoms with Gasteiger partial charge >= 0.3 is 5.97 Å². The third kappa shape index (κ3) is 2.38. The first kappa shape index (κ1) is 17.6. The molecule has 1 atom stereocenters. The van der Waals surface area contributed by atoms with E-state index < -0.39 is 17.4 Å². The second kappa shape index (κ2) is 6.24. The Balaban J connectivity index is 1.70. The van der Waals surface area contributed by atoms with Gasteiger partial charge in [-0.05, 0) is 49.1 Å². The van der Waals surface area contributed by atoms with Crippen LogP contribution in [-0.2, 0) is 11.2 Å². The Bertz CT molecular complexity index is 1080. The predicted octanol–water partition coefficient (Wildman–Crippen LogP) is 4.52. The van der Waals surface area contributed by atoms with Crippen LogP contribution in [-0.4, -0.2) is 33.4 Å². The summed E-state index contributed by atoms with van der Waals surface area (Å²) in [6.45, 7) is 0.482. The lowest BCUT2D eigenvalue weighted by atomic mass is 9.61. The Hall–Kier alpha value is -2.54. The molecule has 2 N–H and O–H groups in total. The predicted molar refractivity (Wildman–Crippen MR) is 106 cm³/mol. The number of hydrogen-bond donors (Lipinski definition) is 2. The minimum atomic E-state index is -0.952. The maximum absolute atomic E-state index is 13.2. The van der Waals surface area contributed by atoms with E-state index in [2.05, 4.69) is 27.0 Å². The lowest BCUT2D eigenvalue weighted by molar-refractivity contribution is -0.161. The van der Waals surface area contributed by atoms with E-state index in [9.17, 15) is 14.7 Å². The van der Waals surface area contributed by atoms with Crippen LogP contribution in [0.15, 0.2) is 45.7 Å². The highest BCUT2D eigenvalue weighted by molar-refractivity contribution is 9.10. The van der Waals surface area contributed by atoms with Crippen molar-refractivity contribution in [1.29, 1.82) is 0 Å². The first-order valence-corrected chi connectivity index (χ1v) is 10.2. The standard InChI is InChI=1S/C21H19BrN2O4/c22-13-2-3-16-15(10-13)14-4-8-24(19(25)12-5-9-28-11-12)18(17(14)23-16)21(20(26)27)6-1-7-21/h2-3,5,9-11,18,23H,1,4,6-8H2,(H,26,27). The molecule has 6 nitrogen and oxygen atoms in total. The van der Waals surface area contributed by atoms with Crippen LogP contribution in [0.1, 0.15) is 46.9 Å². The number of hydrogen-bond acceptors (Lipinski definition) is 3. The van der Waals surface area contributed by atoms with E-state index in [1.807, 2.05) is 12.1 Å². The lowest BCUT2D eigenvalue weighted by Gasteiger charge is -2.50. The molecule has 1 unspecified atom stereocenters. The lowest BCUT2D eigenvalue weighted by Crippen LogP contribution is -2.54. The van der Waals surface area contributed by atoms with E-state index in [1.54, 1.807) is 11.0 Å². The normalized spacial score (nSPS) is 20.6. The number of aliphatic carboxylic acids is 1. The molecule has 28 heavy (non-hydrogen) atoms. The van der Waals surface area contributed by atoms with Crippen LogP contribution in [0.25, 0.3) is 10.9 Å². The number of nitrogens with zero attached hydrogens (tertiary/aromatic N) is 1. The van der Waals surface area contributed by atoms with Crippen LogP contribution < -0.4 is 0 Å². The Labute approximate surface area is 169 Å². The summed E-state index contributed by atoms with van der Waals surface area (Å²) in [5.74, 6) is -1.02. The summed E-state index contributed by atoms with van der Waals surface area (Å²) in [5, 5.41) is 11.2. The molecule has 2 aliphatic rings. The van der Waals surface area contributed by atoms with Gasteiger partial charge in [0.05, 0.1) is 23.3 Å². The van der Waals surface area contributed by atoms with Gasteiger partial charge < -0.3 is 19.4 Å². The van der Waals surface area contributed by atoms with Crippen LogP contribution in [0.2, 0.25) is 0 Å². The van der Waals surface area contributed by atoms with E-state index in [0.717, 1.165) is 33.1 Å². The first-order valence-electron chi connectivity index (χ1n) is 9.38. The number of carbonyl (C=O) groups is 2. The number of nitrogens with one attached hydrogen (secondary N) is 1. The Morgan fingerprint density at radius 3 is 2.75 bits per heavy atom. The largest absolute Gasteiger partial charge is 0.481 e. The molecule has 144 valence electrons. The molecule has 1 aromatic carbocycles. The molecule has 1 saturated carbocycles. The van der Waals surface area contributed by atoms with Crippen molar-refractivity contribution >= 4 is 38.7 Å². The summed E-state index contributed by atoms with van der Waals surface area (Å²) in [7, 11) is 0. The molecule has 2 aromatic heterocycles. The number of aromatic nitrogens is 1. The monoisotopic (exact) mass is 442 g/mol. The summed E-state index contributed by atoms with van der Waals surface area (Å²) in [5.41, 5.74) is 2.44. The molecule has 5 rings (SSSR count). The number of carboxylic acids is 1. The SMILES string of the molecule is O=C(c1ccoc1)N1CCc2c([nH]c3ccc(Br)cc23)C1C1(C(=O)O)CCC1. The Morgan fingerprint density at radius 2 is 2.11 bits per heavy atom. The van der Waals surface area contributed by atoms with Crippen molar-refractivity contribution < 1.29 is 19.1 Å². The average Bonchev–Trinajstić information content (AvgIpc) is 3.28. The van der Waals surface area contributed by atoms with Gasteiger partial charge in [0, 0.05) is 27.6 Å². The van der Waals surface area contributed by atoms with Gasteiger partial charge in [-0.2, -0.15) is 0 Å². The zero-order valence-electron chi connectivity index (χ0n) is 15.1. The molecule has 3 heterocycles. The van der Waals surface area contributed by atoms with Crippen LogP contribution in [0.4, 0.5) is 0 Å². The molecular weight excluding hydrogens is 424 g/mol. The molecular formula is C21H19BrN2O4. The van der Waals surface area contributed by atoms with E-state index in [4.69, 9.17) is 4.42 Å². The molecule has 0 saturated heterocycles. The highest BCUT2D eigenvalue weighted by Crippen LogP contribution is 2.55. The number of amides is 1. The molecule has 1 fully saturated rings. The molecule has 0 radical (unpaired) electrons. The number of rotatable bonds is 3. The van der Waals surface area contributed by atoms with Gasteiger partial charge in [0.25, 0.3) is 5.91 Å². The first-order chi connectivity index (χ1) is 13.5. The van der Waals surface area contributed by atoms with E-state index >= 15 is 0 Å². The van der Waals surface area contributed by atoms with Gasteiger partial charge in [0.1, 0.15) is 6.26 Å². The smallest absolute Gasteiger partial charge is 0.312 e. The molecule has 7 heteroatoms. The van der Waals surface area contributed by atoms with Gasteiger partial charge in [-0.25, -0.2) is 0 Å². The molecule has 0 spiro atoms. The van der Waals surface area contributed by atoms with Crippen molar-refractivity contribution in [2.24, 2.45) is 5.41 Å². The number of H-pyrrole nitrogens is 1. The summed E-state index contributed by atoms with van der Waals surface area (Å²) >= 11 is 3.53. The fraction of sp³-hybridized carbons (Fsp3) is 0.333. The fourth-order valence-electron chi connectivity index (χ4n) is 4.77. The molecule has 0 bridgehead atoms. The zero-order valence-corrected chi connectivity index (χ0v) is 16.7. The quantitative estimate of drug-likeness (QED) is 0.624. The van der Waals surface area contributed by atoms with E-state index in [1.165, 1.54) is 12.5 Å². The van der Waals surface area contributed by atoms with E-state index in [0.29, 0.717) is 31.4 Å². The number of fused-ring (bicyclic) bond motifs is 3. The number of carboxylic acid groups (broad SMARTS) is 1. The van der Waals surface area contributed by atoms with Crippen molar-refractivity contribution in [2.45, 2.75) is 31.7 Å². The summed E-state index contributed by atoms with van der Waals surface area (Å²) in [6, 6.07) is 7.13. The molecule has 3 aromatic rings. The number of aromatic amines is 1. The van der Waals surface area contributed by atoms with Crippen molar-refractivity contribution in [3.63, 3.8) is 0 Å². The van der Waals surface area contributed by atoms with Gasteiger partial charge in [-0.3, -0.25) is 9.59 Å². The number of furan rings is 1. The number of benzene rings is 1. The summed E-state index contributed by atoms with van der Waals surface area (Å²) in [4.78, 5) is 30.7. The average molecular weight is 443 g/mol. The Morgan fingerprint density at radius 1 is 1.29 bits per heavy atom. The highest BCUT2D eigenvalue weighted by Gasteiger charge is 2.56. The maximum atomic E-state index is 13.2. The molecule has 1 amide bonds. The Kier molecular flexibility index (Phi) is 3.91. The summed E-state index contributed by atoms with van der Waals surface area (Å²) in [6.07, 6.45) is 5.57. The number of carbonyl (C=O) groups excluding carboxylic acids is 1. The second-order valence-electron chi connectivity index (χ2n) is 7.69. The van der Waals surface area contributed by atoms with Gasteiger partial charge in [0.15, 0.2) is 0 Å². The van der Waals surface area contributed by atoms with E-state index in [-0.39, 0.29) is 5.91 Å². The van der Waals surface area contributed by atoms with Crippen LogP contribution >= 0.6 is 15.9 Å². The third-order valence-electron chi connectivity index (χ3n) is 6.31. The maximum Gasteiger partial charge on any atom is 0.312 e. The second-order valence-corrected chi connectivity index (χ2v) is 8.60. The van der Waals surface area contributed by atoms with Crippen molar-refractivity contribution in [2.75, 3.05) is 6.54 Å². The number of halogens is 1. The van der Waals surface area contributed by atoms with Crippen molar-refractivity contribution in [3.8, 4) is 0 Å². The van der Waals surface area contributed by atoms with Crippen LogP contribution in [0.3, 0.4) is 0 Å². The third-order valence-corrected chi connectivity index (χ3v) is 6.81. The van der Waals surface area contributed by atoms with Gasteiger partial charge in [-0.15, -0.1) is 0 Å². The minimum absolute atomic E-state index is 0.184. The highest BCUT2D eigenvalue weighted by atomic mass is 79.9. The van der Waals surface area contributed by atoms with Crippen molar-refractivity contribution in [3.05, 3.63) is 58.1 Å². The summed E-state index contributed by atoms with van der Waals surface area (Å²) < 4.78 is 6.07. The van der Waals surface area contributed by atoms with Crippen molar-refractivity contribution in [1.82, 2.24) is 9.88 Å². The van der Waals surface area contributed by atoms with Crippen LogP contribution in [0, 0.1) is 5.41 Å².